The van der Waals surface area contributed by atoms with E-state index in [-0.39, 0.29) is 12.0 Å². The molecule has 0 atom stereocenters. The van der Waals surface area contributed by atoms with Gasteiger partial charge in [-0.05, 0) is 43.7 Å². The monoisotopic (exact) mass is 283 g/mol. The summed E-state index contributed by atoms with van der Waals surface area (Å²) in [6.07, 6.45) is 0.132. The standard InChI is InChI=1S/C18H21NO2/c1-14(2)21-17-11-9-16(10-12-17)18(20)19(3)13-15-7-5-4-6-8-15/h4-12,14H,13H2,1-3H3. The number of carbonyl (C=O) groups is 1. The number of hydrogen-bond donors (Lipinski definition) is 0. The van der Waals surface area contributed by atoms with Gasteiger partial charge in [-0.3, -0.25) is 4.79 Å². The summed E-state index contributed by atoms with van der Waals surface area (Å²) in [4.78, 5) is 14.1. The molecule has 0 unspecified atom stereocenters. The SMILES string of the molecule is CC(C)Oc1ccc(C(=O)N(C)Cc2ccccc2)cc1. The number of amides is 1. The van der Waals surface area contributed by atoms with Crippen molar-refractivity contribution in [2.75, 3.05) is 7.05 Å². The second kappa shape index (κ2) is 6.93. The number of nitrogens with zero attached hydrogens (tertiary/aromatic N) is 1. The zero-order valence-electron chi connectivity index (χ0n) is 12.7. The van der Waals surface area contributed by atoms with Gasteiger partial charge in [0.15, 0.2) is 0 Å². The predicted octanol–water partition coefficient (Wildman–Crippen LogP) is 3.75. The second-order valence-corrected chi connectivity index (χ2v) is 5.34. The van der Waals surface area contributed by atoms with E-state index in [1.807, 2.05) is 75.5 Å². The lowest BCUT2D eigenvalue weighted by Crippen LogP contribution is -2.26. The maximum absolute atomic E-state index is 12.4. The van der Waals surface area contributed by atoms with E-state index in [1.165, 1.54) is 0 Å². The van der Waals surface area contributed by atoms with Crippen molar-refractivity contribution in [2.45, 2.75) is 26.5 Å². The molecular weight excluding hydrogens is 262 g/mol. The van der Waals surface area contributed by atoms with Gasteiger partial charge in [-0.1, -0.05) is 30.3 Å². The maximum atomic E-state index is 12.4. The van der Waals surface area contributed by atoms with Crippen molar-refractivity contribution in [1.82, 2.24) is 4.90 Å². The molecule has 21 heavy (non-hydrogen) atoms. The van der Waals surface area contributed by atoms with E-state index in [1.54, 1.807) is 4.90 Å². The first-order chi connectivity index (χ1) is 10.1. The Morgan fingerprint density at radius 1 is 1.05 bits per heavy atom. The molecule has 0 saturated carbocycles. The predicted molar refractivity (Wildman–Crippen MR) is 84.4 cm³/mol. The topological polar surface area (TPSA) is 29.5 Å². The normalized spacial score (nSPS) is 10.5. The number of hydrogen-bond acceptors (Lipinski definition) is 2. The minimum atomic E-state index is 0.00921. The van der Waals surface area contributed by atoms with Crippen molar-refractivity contribution in [3.63, 3.8) is 0 Å². The third-order valence-corrected chi connectivity index (χ3v) is 3.08. The number of ether oxygens (including phenoxy) is 1. The average Bonchev–Trinajstić information content (AvgIpc) is 2.47. The summed E-state index contributed by atoms with van der Waals surface area (Å²) < 4.78 is 5.58. The highest BCUT2D eigenvalue weighted by Gasteiger charge is 2.12. The lowest BCUT2D eigenvalue weighted by molar-refractivity contribution is 0.0785. The number of rotatable bonds is 5. The third kappa shape index (κ3) is 4.35. The van der Waals surface area contributed by atoms with Crippen LogP contribution in [0.1, 0.15) is 29.8 Å². The van der Waals surface area contributed by atoms with Crippen molar-refractivity contribution in [3.8, 4) is 5.75 Å². The molecule has 0 heterocycles. The Morgan fingerprint density at radius 2 is 1.67 bits per heavy atom. The summed E-state index contributed by atoms with van der Waals surface area (Å²) in [6, 6.07) is 17.2. The zero-order chi connectivity index (χ0) is 15.2. The molecule has 2 rings (SSSR count). The van der Waals surface area contributed by atoms with E-state index in [2.05, 4.69) is 0 Å². The first-order valence-electron chi connectivity index (χ1n) is 7.12. The maximum Gasteiger partial charge on any atom is 0.253 e. The van der Waals surface area contributed by atoms with Crippen molar-refractivity contribution in [2.24, 2.45) is 0 Å². The molecule has 3 heteroatoms. The van der Waals surface area contributed by atoms with Crippen molar-refractivity contribution in [3.05, 3.63) is 65.7 Å². The Kier molecular flexibility index (Phi) is 4.99. The Labute approximate surface area is 126 Å². The van der Waals surface area contributed by atoms with Crippen LogP contribution < -0.4 is 4.74 Å². The second-order valence-electron chi connectivity index (χ2n) is 5.34. The molecule has 3 nitrogen and oxygen atoms in total. The minimum absolute atomic E-state index is 0.00921. The van der Waals surface area contributed by atoms with E-state index in [0.717, 1.165) is 11.3 Å². The van der Waals surface area contributed by atoms with Gasteiger partial charge in [0.05, 0.1) is 6.10 Å². The summed E-state index contributed by atoms with van der Waals surface area (Å²) in [5, 5.41) is 0. The van der Waals surface area contributed by atoms with E-state index in [9.17, 15) is 4.79 Å². The first-order valence-corrected chi connectivity index (χ1v) is 7.12. The van der Waals surface area contributed by atoms with Crippen LogP contribution in [0.15, 0.2) is 54.6 Å². The van der Waals surface area contributed by atoms with E-state index in [0.29, 0.717) is 12.1 Å². The molecule has 0 N–H and O–H groups in total. The molecule has 0 aromatic heterocycles. The van der Waals surface area contributed by atoms with Crippen molar-refractivity contribution < 1.29 is 9.53 Å². The molecule has 1 amide bonds. The van der Waals surface area contributed by atoms with Crippen LogP contribution in [0.5, 0.6) is 5.75 Å². The van der Waals surface area contributed by atoms with Gasteiger partial charge in [-0.2, -0.15) is 0 Å². The highest BCUT2D eigenvalue weighted by Crippen LogP contribution is 2.15. The lowest BCUT2D eigenvalue weighted by atomic mass is 10.1. The Morgan fingerprint density at radius 3 is 2.24 bits per heavy atom. The molecule has 0 aliphatic rings. The van der Waals surface area contributed by atoms with Gasteiger partial charge >= 0.3 is 0 Å². The molecule has 0 aliphatic heterocycles. The van der Waals surface area contributed by atoms with Crippen molar-refractivity contribution in [1.29, 1.82) is 0 Å². The Bertz CT molecular complexity index is 576. The fourth-order valence-electron chi connectivity index (χ4n) is 2.10. The van der Waals surface area contributed by atoms with Crippen LogP contribution >= 0.6 is 0 Å². The van der Waals surface area contributed by atoms with Gasteiger partial charge in [0.2, 0.25) is 0 Å². The van der Waals surface area contributed by atoms with Gasteiger partial charge in [0, 0.05) is 19.2 Å². The smallest absolute Gasteiger partial charge is 0.253 e. The van der Waals surface area contributed by atoms with Gasteiger partial charge in [0.1, 0.15) is 5.75 Å². The van der Waals surface area contributed by atoms with E-state index < -0.39 is 0 Å². The molecule has 0 fully saturated rings. The molecule has 110 valence electrons. The lowest BCUT2D eigenvalue weighted by Gasteiger charge is -2.17. The fraction of sp³-hybridized carbons (Fsp3) is 0.278. The van der Waals surface area contributed by atoms with Crippen LogP contribution in [0.2, 0.25) is 0 Å². The fourth-order valence-corrected chi connectivity index (χ4v) is 2.10. The van der Waals surface area contributed by atoms with Crippen LogP contribution in [-0.2, 0) is 6.54 Å². The summed E-state index contributed by atoms with van der Waals surface area (Å²) in [7, 11) is 1.81. The molecule has 0 bridgehead atoms. The summed E-state index contributed by atoms with van der Waals surface area (Å²) in [6.45, 7) is 4.56. The molecule has 0 saturated heterocycles. The largest absolute Gasteiger partial charge is 0.491 e. The molecule has 0 spiro atoms. The van der Waals surface area contributed by atoms with Crippen LogP contribution in [0.4, 0.5) is 0 Å². The molecule has 0 aliphatic carbocycles. The van der Waals surface area contributed by atoms with Crippen LogP contribution in [0, 0.1) is 0 Å². The molecular formula is C18H21NO2. The zero-order valence-corrected chi connectivity index (χ0v) is 12.7. The van der Waals surface area contributed by atoms with Gasteiger partial charge in [-0.25, -0.2) is 0 Å². The number of benzene rings is 2. The summed E-state index contributed by atoms with van der Waals surface area (Å²) >= 11 is 0. The average molecular weight is 283 g/mol. The van der Waals surface area contributed by atoms with Crippen LogP contribution in [-0.4, -0.2) is 24.0 Å². The van der Waals surface area contributed by atoms with Gasteiger partial charge < -0.3 is 9.64 Å². The van der Waals surface area contributed by atoms with Gasteiger partial charge in [-0.15, -0.1) is 0 Å². The highest BCUT2D eigenvalue weighted by molar-refractivity contribution is 5.94. The quantitative estimate of drug-likeness (QED) is 0.836. The minimum Gasteiger partial charge on any atom is -0.491 e. The highest BCUT2D eigenvalue weighted by atomic mass is 16.5. The number of carbonyl (C=O) groups excluding carboxylic acids is 1. The summed E-state index contributed by atoms with van der Waals surface area (Å²) in [5.74, 6) is 0.794. The van der Waals surface area contributed by atoms with Crippen LogP contribution in [0.3, 0.4) is 0 Å². The Balaban J connectivity index is 2.02. The third-order valence-electron chi connectivity index (χ3n) is 3.08. The van der Waals surface area contributed by atoms with E-state index in [4.69, 9.17) is 4.74 Å². The summed E-state index contributed by atoms with van der Waals surface area (Å²) in [5.41, 5.74) is 1.79. The van der Waals surface area contributed by atoms with Crippen LogP contribution in [0.25, 0.3) is 0 Å². The van der Waals surface area contributed by atoms with Crippen molar-refractivity contribution >= 4 is 5.91 Å². The molecule has 0 radical (unpaired) electrons. The Hall–Kier alpha value is -2.29. The molecule has 2 aromatic rings. The molecule has 2 aromatic carbocycles. The first kappa shape index (κ1) is 15.1. The van der Waals surface area contributed by atoms with E-state index >= 15 is 0 Å². The van der Waals surface area contributed by atoms with Gasteiger partial charge in [0.25, 0.3) is 5.91 Å².